The molecule has 192 valence electrons. The van der Waals surface area contributed by atoms with Gasteiger partial charge < -0.3 is 16.8 Å². The minimum absolute atomic E-state index is 0.119. The number of nitrogens with two attached hydrogens (primary N) is 2. The number of nitrogens with zero attached hydrogens (tertiary/aromatic N) is 3. The van der Waals surface area contributed by atoms with Crippen LogP contribution in [0.15, 0.2) is 64.3 Å². The van der Waals surface area contributed by atoms with E-state index in [9.17, 15) is 18.0 Å². The second-order valence-electron chi connectivity index (χ2n) is 8.26. The van der Waals surface area contributed by atoms with E-state index < -0.39 is 15.7 Å². The van der Waals surface area contributed by atoms with E-state index in [0.29, 0.717) is 34.9 Å². The first-order valence-corrected chi connectivity index (χ1v) is 13.5. The molecule has 4 aromatic rings. The number of aryl methyl sites for hydroxylation is 1. The molecular formula is C25H25ClN6O4S. The van der Waals surface area contributed by atoms with E-state index >= 15 is 0 Å². The molecule has 0 saturated heterocycles. The monoisotopic (exact) mass is 540 g/mol. The lowest BCUT2D eigenvalue weighted by atomic mass is 10.1. The van der Waals surface area contributed by atoms with Crippen LogP contribution < -0.4 is 22.3 Å². The summed E-state index contributed by atoms with van der Waals surface area (Å²) in [5.74, 6) is 0.149. The fourth-order valence-corrected chi connectivity index (χ4v) is 5.26. The number of anilines is 2. The van der Waals surface area contributed by atoms with Crippen LogP contribution in [0, 0.1) is 0 Å². The van der Waals surface area contributed by atoms with Gasteiger partial charge in [-0.1, -0.05) is 42.8 Å². The molecule has 0 saturated carbocycles. The molecule has 1 aliphatic rings. The minimum atomic E-state index is -3.48. The Morgan fingerprint density at radius 3 is 2.59 bits per heavy atom. The topological polar surface area (TPSA) is 155 Å². The van der Waals surface area contributed by atoms with Gasteiger partial charge >= 0.3 is 0 Å². The third kappa shape index (κ3) is 4.95. The molecule has 0 radical (unpaired) electrons. The summed E-state index contributed by atoms with van der Waals surface area (Å²) in [7, 11) is -3.48. The average molecular weight is 541 g/mol. The number of hydrogen-bond donors (Lipinski definition) is 3. The van der Waals surface area contributed by atoms with Gasteiger partial charge in [0.05, 0.1) is 21.0 Å². The Morgan fingerprint density at radius 2 is 1.92 bits per heavy atom. The van der Waals surface area contributed by atoms with Crippen molar-refractivity contribution in [2.45, 2.75) is 18.2 Å². The van der Waals surface area contributed by atoms with Crippen LogP contribution in [-0.4, -0.2) is 41.5 Å². The number of primary amides is 1. The van der Waals surface area contributed by atoms with Gasteiger partial charge in [0.25, 0.3) is 11.5 Å². The Morgan fingerprint density at radius 1 is 1.19 bits per heavy atom. The van der Waals surface area contributed by atoms with Crippen LogP contribution >= 0.6 is 11.6 Å². The molecule has 5 N–H and O–H groups in total. The number of nitrogens with one attached hydrogen (secondary N) is 1. The summed E-state index contributed by atoms with van der Waals surface area (Å²) in [5, 5.41) is 8.37. The number of carbonyl (C=O) groups is 1. The first kappa shape index (κ1) is 26.0. The fourth-order valence-electron chi connectivity index (χ4n) is 4.13. The minimum Gasteiger partial charge on any atom is -0.381 e. The molecule has 0 aliphatic carbocycles. The predicted octanol–water partition coefficient (Wildman–Crippen LogP) is 3.07. The average Bonchev–Trinajstić information content (AvgIpc) is 3.19. The molecule has 37 heavy (non-hydrogen) atoms. The highest BCUT2D eigenvalue weighted by Gasteiger charge is 2.21. The first-order chi connectivity index (χ1) is 17.5. The van der Waals surface area contributed by atoms with Gasteiger partial charge in [-0.2, -0.15) is 0 Å². The zero-order valence-electron chi connectivity index (χ0n) is 20.1. The number of aromatic nitrogens is 3. The number of sulfone groups is 1. The van der Waals surface area contributed by atoms with Crippen molar-refractivity contribution in [3.63, 3.8) is 0 Å². The lowest BCUT2D eigenvalue weighted by Gasteiger charge is -2.16. The third-order valence-electron chi connectivity index (χ3n) is 5.76. The zero-order valence-corrected chi connectivity index (χ0v) is 21.7. The number of halogens is 1. The lowest BCUT2D eigenvalue weighted by molar-refractivity contribution is 0.100. The van der Waals surface area contributed by atoms with Crippen molar-refractivity contribution in [2.75, 3.05) is 23.9 Å². The highest BCUT2D eigenvalue weighted by atomic mass is 35.5. The van der Waals surface area contributed by atoms with E-state index in [2.05, 4.69) is 10.4 Å². The van der Waals surface area contributed by atoms with Crippen molar-refractivity contribution in [1.29, 1.82) is 0 Å². The van der Waals surface area contributed by atoms with Gasteiger partial charge in [0.15, 0.2) is 15.7 Å². The highest BCUT2D eigenvalue weighted by Crippen LogP contribution is 2.26. The number of benzene rings is 2. The van der Waals surface area contributed by atoms with Crippen LogP contribution in [0.4, 0.5) is 11.6 Å². The van der Waals surface area contributed by atoms with Crippen molar-refractivity contribution >= 4 is 56.0 Å². The summed E-state index contributed by atoms with van der Waals surface area (Å²) in [5.41, 5.74) is 11.7. The normalized spacial score (nSPS) is 12.4. The molecule has 10 nitrogen and oxygen atoms in total. The van der Waals surface area contributed by atoms with Gasteiger partial charge in [0.1, 0.15) is 11.4 Å². The second kappa shape index (κ2) is 10.1. The zero-order chi connectivity index (χ0) is 26.9. The number of pyridine rings is 1. The van der Waals surface area contributed by atoms with E-state index in [-0.39, 0.29) is 21.8 Å². The molecule has 0 unspecified atom stereocenters. The second-order valence-corrected chi connectivity index (χ2v) is 10.6. The summed E-state index contributed by atoms with van der Waals surface area (Å²) >= 11 is 6.22. The van der Waals surface area contributed by atoms with Crippen LogP contribution in [0.2, 0.25) is 5.02 Å². The van der Waals surface area contributed by atoms with Crippen LogP contribution in [0.3, 0.4) is 0 Å². The summed E-state index contributed by atoms with van der Waals surface area (Å²) in [6.45, 7) is 2.57. The van der Waals surface area contributed by atoms with Crippen LogP contribution in [0.5, 0.6) is 0 Å². The largest absolute Gasteiger partial charge is 0.381 e. The maximum absolute atomic E-state index is 13.1. The van der Waals surface area contributed by atoms with E-state index in [1.54, 1.807) is 36.5 Å². The number of fused-ring (bicyclic) bond motifs is 2. The standard InChI is InChI=1S/C18H16ClNO3S.C7H9N5O/c1-3-13-11-12-7-6-8-14(19)17(12)18(21)20(13)15-9-4-5-10-16(15)24(2,22)23;8-5-4(6(9)13)7-10-2-1-3-12(7)11-5/h4-11H,3H2,1-2H3;1,3,10H,2H2,(H2,8,11)(H2,9,13). The Bertz CT molecular complexity index is 1720. The number of hydrogen-bond acceptors (Lipinski definition) is 7. The summed E-state index contributed by atoms with van der Waals surface area (Å²) in [4.78, 5) is 24.2. The number of para-hydroxylation sites is 1. The molecule has 3 heterocycles. The van der Waals surface area contributed by atoms with Gasteiger partial charge in [-0.05, 0) is 42.1 Å². The Balaban J connectivity index is 0.000000207. The van der Waals surface area contributed by atoms with E-state index in [0.717, 1.165) is 17.3 Å². The van der Waals surface area contributed by atoms with Gasteiger partial charge in [0, 0.05) is 24.7 Å². The molecule has 0 atom stereocenters. The van der Waals surface area contributed by atoms with Crippen LogP contribution in [0.25, 0.3) is 22.7 Å². The molecule has 2 aromatic heterocycles. The molecule has 0 fully saturated rings. The number of amides is 1. The quantitative estimate of drug-likeness (QED) is 0.359. The molecule has 0 bridgehead atoms. The van der Waals surface area contributed by atoms with Crippen LogP contribution in [0.1, 0.15) is 23.0 Å². The van der Waals surface area contributed by atoms with Crippen molar-refractivity contribution in [1.82, 2.24) is 14.3 Å². The van der Waals surface area contributed by atoms with Gasteiger partial charge in [-0.25, -0.2) is 13.1 Å². The van der Waals surface area contributed by atoms with E-state index in [1.807, 2.05) is 25.1 Å². The van der Waals surface area contributed by atoms with Crippen molar-refractivity contribution in [3.05, 3.63) is 81.2 Å². The molecule has 5 rings (SSSR count). The SMILES string of the molecule is CCc1cc2cccc(Cl)c2c(=O)n1-c1ccccc1S(C)(=O)=O.NC(=O)c1c(N)nn2c1NCC=C2. The first-order valence-electron chi connectivity index (χ1n) is 11.3. The molecule has 0 spiro atoms. The summed E-state index contributed by atoms with van der Waals surface area (Å²) in [6.07, 6.45) is 5.31. The maximum atomic E-state index is 13.1. The Kier molecular flexibility index (Phi) is 7.10. The van der Waals surface area contributed by atoms with Crippen molar-refractivity contribution in [2.24, 2.45) is 5.73 Å². The molecule has 1 aliphatic heterocycles. The van der Waals surface area contributed by atoms with E-state index in [4.69, 9.17) is 23.1 Å². The highest BCUT2D eigenvalue weighted by molar-refractivity contribution is 7.90. The van der Waals surface area contributed by atoms with Crippen LogP contribution in [-0.2, 0) is 16.3 Å². The summed E-state index contributed by atoms with van der Waals surface area (Å²) in [6, 6.07) is 13.7. The van der Waals surface area contributed by atoms with Gasteiger partial charge in [-0.3, -0.25) is 14.2 Å². The molecule has 2 aromatic carbocycles. The molecule has 12 heteroatoms. The van der Waals surface area contributed by atoms with Crippen molar-refractivity contribution in [3.8, 4) is 5.69 Å². The smallest absolute Gasteiger partial charge is 0.264 e. The summed E-state index contributed by atoms with van der Waals surface area (Å²) < 4.78 is 27.2. The van der Waals surface area contributed by atoms with E-state index in [1.165, 1.54) is 15.3 Å². The third-order valence-corrected chi connectivity index (χ3v) is 7.22. The Hall–Kier alpha value is -4.09. The predicted molar refractivity (Wildman–Crippen MR) is 146 cm³/mol. The number of rotatable bonds is 4. The molecular weight excluding hydrogens is 516 g/mol. The Labute approximate surface area is 218 Å². The fraction of sp³-hybridized carbons (Fsp3) is 0.160. The number of carbonyl (C=O) groups excluding carboxylic acids is 1. The lowest BCUT2D eigenvalue weighted by Crippen LogP contribution is -2.24. The van der Waals surface area contributed by atoms with Crippen molar-refractivity contribution < 1.29 is 13.2 Å². The van der Waals surface area contributed by atoms with Gasteiger partial charge in [0.2, 0.25) is 0 Å². The maximum Gasteiger partial charge on any atom is 0.264 e. The van der Waals surface area contributed by atoms with Gasteiger partial charge in [-0.15, -0.1) is 5.10 Å². The molecule has 1 amide bonds. The number of nitrogen functional groups attached to an aromatic ring is 1.